The Morgan fingerprint density at radius 2 is 1.85 bits per heavy atom. The van der Waals surface area contributed by atoms with Crippen molar-refractivity contribution in [2.24, 2.45) is 5.73 Å². The number of carbonyl (C=O) groups excluding carboxylic acids is 1. The molecule has 0 bridgehead atoms. The molecule has 0 aliphatic carbocycles. The largest absolute Gasteiger partial charge is 0.480 e. The van der Waals surface area contributed by atoms with Crippen LogP contribution in [-0.4, -0.2) is 49.3 Å². The quantitative estimate of drug-likeness (QED) is 0.452. The number of hydrogen-bond donors (Lipinski definition) is 2. The number of ether oxygens (including phenoxy) is 1. The Kier molecular flexibility index (Phi) is 9.36. The number of carboxylic acids is 1. The molecule has 0 aromatic heterocycles. The van der Waals surface area contributed by atoms with Crippen LogP contribution < -0.4 is 5.73 Å². The van der Waals surface area contributed by atoms with Crippen LogP contribution in [0, 0.1) is 0 Å². The van der Waals surface area contributed by atoms with Gasteiger partial charge in [0.25, 0.3) is 0 Å². The van der Waals surface area contributed by atoms with Crippen molar-refractivity contribution in [3.8, 4) is 0 Å². The van der Waals surface area contributed by atoms with Gasteiger partial charge in [-0.25, -0.2) is 9.59 Å². The summed E-state index contributed by atoms with van der Waals surface area (Å²) in [6.07, 6.45) is 1.24. The molecule has 6 nitrogen and oxygen atoms in total. The number of nitrogens with zero attached hydrogens (tertiary/aromatic N) is 1. The molecule has 0 saturated heterocycles. The Balaban J connectivity index is 2.82. The van der Waals surface area contributed by atoms with E-state index in [1.807, 2.05) is 30.3 Å². The van der Waals surface area contributed by atoms with Crippen LogP contribution in [0.4, 0.5) is 4.79 Å². The van der Waals surface area contributed by atoms with Crippen molar-refractivity contribution in [3.63, 3.8) is 0 Å². The van der Waals surface area contributed by atoms with Crippen LogP contribution in [0.5, 0.6) is 0 Å². The predicted octanol–water partition coefficient (Wildman–Crippen LogP) is 3.55. The van der Waals surface area contributed by atoms with E-state index in [0.29, 0.717) is 25.9 Å². The Hall–Kier alpha value is -1.86. The highest BCUT2D eigenvalue weighted by Crippen LogP contribution is 2.17. The van der Waals surface area contributed by atoms with Gasteiger partial charge in [-0.1, -0.05) is 50.0 Å². The van der Waals surface area contributed by atoms with Gasteiger partial charge in [0.15, 0.2) is 0 Å². The van der Waals surface area contributed by atoms with Crippen molar-refractivity contribution in [1.82, 2.24) is 4.90 Å². The van der Waals surface area contributed by atoms with E-state index in [0.717, 1.165) is 18.0 Å². The first-order valence-corrected chi connectivity index (χ1v) is 12.9. The van der Waals surface area contributed by atoms with E-state index in [1.165, 1.54) is 4.90 Å². The summed E-state index contributed by atoms with van der Waals surface area (Å²) >= 11 is 0. The molecule has 0 aliphatic rings. The molecule has 146 valence electrons. The number of unbranched alkanes of at least 4 members (excludes halogenated alkanes) is 1. The summed E-state index contributed by atoms with van der Waals surface area (Å²) in [5.41, 5.74) is 6.38. The fourth-order valence-electron chi connectivity index (χ4n) is 2.53. The average Bonchev–Trinajstić information content (AvgIpc) is 2.58. The van der Waals surface area contributed by atoms with Gasteiger partial charge >= 0.3 is 12.1 Å². The zero-order valence-electron chi connectivity index (χ0n) is 16.1. The van der Waals surface area contributed by atoms with E-state index >= 15 is 0 Å². The van der Waals surface area contributed by atoms with E-state index in [2.05, 4.69) is 19.6 Å². The fourth-order valence-corrected chi connectivity index (χ4v) is 3.44. The van der Waals surface area contributed by atoms with Crippen LogP contribution in [0.25, 0.3) is 0 Å². The van der Waals surface area contributed by atoms with Crippen LogP contribution in [0.1, 0.15) is 24.8 Å². The van der Waals surface area contributed by atoms with Gasteiger partial charge in [-0.15, -0.1) is 0 Å². The number of rotatable bonds is 11. The Labute approximate surface area is 157 Å². The zero-order valence-corrected chi connectivity index (χ0v) is 17.1. The molecule has 0 saturated carbocycles. The first kappa shape index (κ1) is 22.2. The van der Waals surface area contributed by atoms with Gasteiger partial charge in [-0.05, 0) is 37.4 Å². The smallest absolute Gasteiger partial charge is 0.410 e. The minimum Gasteiger partial charge on any atom is -0.480 e. The molecule has 0 aliphatic heterocycles. The first-order chi connectivity index (χ1) is 12.2. The van der Waals surface area contributed by atoms with E-state index in [4.69, 9.17) is 10.5 Å². The summed E-state index contributed by atoms with van der Waals surface area (Å²) in [5, 5.41) is 9.64. The zero-order chi connectivity index (χ0) is 19.6. The second-order valence-electron chi connectivity index (χ2n) is 7.68. The van der Waals surface area contributed by atoms with Gasteiger partial charge in [-0.3, -0.25) is 4.90 Å². The highest BCUT2D eigenvalue weighted by molar-refractivity contribution is 6.76. The molecule has 1 aromatic rings. The van der Waals surface area contributed by atoms with Crippen LogP contribution >= 0.6 is 0 Å². The van der Waals surface area contributed by atoms with Crippen molar-refractivity contribution >= 4 is 20.1 Å². The molecule has 0 heterocycles. The lowest BCUT2D eigenvalue weighted by atomic mass is 10.1. The fraction of sp³-hybridized carbons (Fsp3) is 0.579. The lowest BCUT2D eigenvalue weighted by molar-refractivity contribution is -0.143. The normalized spacial score (nSPS) is 12.5. The maximum absolute atomic E-state index is 12.6. The number of carboxylic acid groups (broad SMARTS) is 1. The third-order valence-electron chi connectivity index (χ3n) is 4.14. The average molecular weight is 381 g/mol. The van der Waals surface area contributed by atoms with Crippen molar-refractivity contribution in [2.45, 2.75) is 57.6 Å². The molecule has 0 radical (unpaired) electrons. The van der Waals surface area contributed by atoms with Gasteiger partial charge < -0.3 is 15.6 Å². The number of benzene rings is 1. The summed E-state index contributed by atoms with van der Waals surface area (Å²) < 4.78 is 5.41. The number of aliphatic carboxylic acids is 1. The minimum absolute atomic E-state index is 0.137. The van der Waals surface area contributed by atoms with E-state index in [9.17, 15) is 14.7 Å². The standard InChI is InChI=1S/C19H32N2O4Si/c1-26(2,3)14-13-21(17(18(22)23)11-7-8-12-20)19(24)25-15-16-9-5-4-6-10-16/h4-6,9-10,17H,7-8,11-15,20H2,1-3H3,(H,22,23)/t17-/m0/s1. The highest BCUT2D eigenvalue weighted by Gasteiger charge is 2.31. The summed E-state index contributed by atoms with van der Waals surface area (Å²) in [5.74, 6) is -0.991. The van der Waals surface area contributed by atoms with E-state index in [-0.39, 0.29) is 6.61 Å². The van der Waals surface area contributed by atoms with Crippen molar-refractivity contribution in [3.05, 3.63) is 35.9 Å². The monoisotopic (exact) mass is 380 g/mol. The maximum Gasteiger partial charge on any atom is 0.410 e. The minimum atomic E-state index is -1.43. The summed E-state index contributed by atoms with van der Waals surface area (Å²) in [4.78, 5) is 25.8. The highest BCUT2D eigenvalue weighted by atomic mass is 28.3. The van der Waals surface area contributed by atoms with Crippen molar-refractivity contribution < 1.29 is 19.4 Å². The number of amides is 1. The van der Waals surface area contributed by atoms with Crippen molar-refractivity contribution in [1.29, 1.82) is 0 Å². The van der Waals surface area contributed by atoms with Crippen LogP contribution in [0.15, 0.2) is 30.3 Å². The summed E-state index contributed by atoms with van der Waals surface area (Å²) in [7, 11) is -1.43. The molecule has 1 rings (SSSR count). The molecule has 1 amide bonds. The maximum atomic E-state index is 12.6. The molecular formula is C19H32N2O4Si. The van der Waals surface area contributed by atoms with Gasteiger partial charge in [0, 0.05) is 14.6 Å². The third kappa shape index (κ3) is 8.49. The van der Waals surface area contributed by atoms with Crippen LogP contribution in [-0.2, 0) is 16.1 Å². The van der Waals surface area contributed by atoms with Crippen LogP contribution in [0.2, 0.25) is 25.7 Å². The SMILES string of the molecule is C[Si](C)(C)CCN(C(=O)OCc1ccccc1)[C@@H](CCCCN)C(=O)O. The second kappa shape index (κ2) is 11.0. The number of hydrogen-bond acceptors (Lipinski definition) is 4. The summed E-state index contributed by atoms with van der Waals surface area (Å²) in [6, 6.07) is 9.34. The first-order valence-electron chi connectivity index (χ1n) is 9.15. The molecule has 7 heteroatoms. The molecule has 0 unspecified atom stereocenters. The van der Waals surface area contributed by atoms with E-state index in [1.54, 1.807) is 0 Å². The summed E-state index contributed by atoms with van der Waals surface area (Å²) in [6.45, 7) is 7.65. The van der Waals surface area contributed by atoms with Gasteiger partial charge in [-0.2, -0.15) is 0 Å². The number of carbonyl (C=O) groups is 2. The van der Waals surface area contributed by atoms with Gasteiger partial charge in [0.2, 0.25) is 0 Å². The van der Waals surface area contributed by atoms with Gasteiger partial charge in [0.1, 0.15) is 12.6 Å². The van der Waals surface area contributed by atoms with Crippen molar-refractivity contribution in [2.75, 3.05) is 13.1 Å². The lowest BCUT2D eigenvalue weighted by Gasteiger charge is -2.30. The molecule has 0 fully saturated rings. The molecule has 1 atom stereocenters. The Morgan fingerprint density at radius 1 is 1.19 bits per heavy atom. The molecule has 1 aromatic carbocycles. The lowest BCUT2D eigenvalue weighted by Crippen LogP contribution is -2.47. The Bertz CT molecular complexity index is 560. The topological polar surface area (TPSA) is 92.9 Å². The molecular weight excluding hydrogens is 348 g/mol. The molecule has 3 N–H and O–H groups in total. The van der Waals surface area contributed by atoms with Gasteiger partial charge in [0.05, 0.1) is 0 Å². The number of nitrogens with two attached hydrogens (primary N) is 1. The van der Waals surface area contributed by atoms with Crippen LogP contribution in [0.3, 0.4) is 0 Å². The second-order valence-corrected chi connectivity index (χ2v) is 13.3. The predicted molar refractivity (Wildman–Crippen MR) is 106 cm³/mol. The molecule has 0 spiro atoms. The third-order valence-corrected chi connectivity index (χ3v) is 5.86. The van der Waals surface area contributed by atoms with E-state index < -0.39 is 26.2 Å². The molecule has 26 heavy (non-hydrogen) atoms. The Morgan fingerprint density at radius 3 is 2.38 bits per heavy atom.